The van der Waals surface area contributed by atoms with Crippen molar-refractivity contribution in [1.82, 2.24) is 0 Å². The van der Waals surface area contributed by atoms with Crippen molar-refractivity contribution >= 4 is 11.5 Å². The maximum atomic E-state index is 13.5. The second-order valence-corrected chi connectivity index (χ2v) is 4.78. The Morgan fingerprint density at radius 2 is 1.78 bits per heavy atom. The molecule has 0 aliphatic rings. The smallest absolute Gasteiger partial charge is 0.331 e. The molecule has 2 rings (SSSR count). The molecule has 3 nitrogen and oxygen atoms in total. The average Bonchev–Trinajstić information content (AvgIpc) is 2.54. The van der Waals surface area contributed by atoms with Gasteiger partial charge in [0, 0.05) is 6.08 Å². The SMILES string of the molecule is CCOC(=O)/C=C(/c1ccc(OCC)cc1)c1cccc(F)c1. The standard InChI is InChI=1S/C19H19FO3/c1-3-22-17-10-8-14(9-11-17)18(13-19(21)23-4-2)15-6-5-7-16(20)12-15/h5-13H,3-4H2,1-2H3/b18-13-. The first-order valence-electron chi connectivity index (χ1n) is 7.51. The zero-order chi connectivity index (χ0) is 16.7. The Labute approximate surface area is 135 Å². The molecule has 0 amide bonds. The molecule has 0 atom stereocenters. The van der Waals surface area contributed by atoms with Crippen LogP contribution in [-0.4, -0.2) is 19.2 Å². The van der Waals surface area contributed by atoms with E-state index in [1.54, 1.807) is 19.1 Å². The van der Waals surface area contributed by atoms with Crippen molar-refractivity contribution in [3.8, 4) is 5.75 Å². The molecule has 0 saturated carbocycles. The molecule has 0 saturated heterocycles. The predicted octanol–water partition coefficient (Wildman–Crippen LogP) is 4.22. The van der Waals surface area contributed by atoms with Gasteiger partial charge in [0.1, 0.15) is 11.6 Å². The van der Waals surface area contributed by atoms with E-state index in [-0.39, 0.29) is 12.4 Å². The van der Waals surface area contributed by atoms with Crippen molar-refractivity contribution in [1.29, 1.82) is 0 Å². The van der Waals surface area contributed by atoms with Crippen molar-refractivity contribution in [2.24, 2.45) is 0 Å². The first-order chi connectivity index (χ1) is 11.1. The van der Waals surface area contributed by atoms with Gasteiger partial charge in [-0.3, -0.25) is 0 Å². The zero-order valence-electron chi connectivity index (χ0n) is 13.2. The van der Waals surface area contributed by atoms with E-state index < -0.39 is 5.97 Å². The van der Waals surface area contributed by atoms with Crippen LogP contribution in [0.3, 0.4) is 0 Å². The summed E-state index contributed by atoms with van der Waals surface area (Å²) in [5, 5.41) is 0. The first-order valence-corrected chi connectivity index (χ1v) is 7.51. The van der Waals surface area contributed by atoms with Gasteiger partial charge in [-0.15, -0.1) is 0 Å². The Morgan fingerprint density at radius 3 is 2.39 bits per heavy atom. The van der Waals surface area contributed by atoms with Crippen LogP contribution in [-0.2, 0) is 9.53 Å². The van der Waals surface area contributed by atoms with Gasteiger partial charge in [0.2, 0.25) is 0 Å². The van der Waals surface area contributed by atoms with Crippen LogP contribution in [0.2, 0.25) is 0 Å². The fraction of sp³-hybridized carbons (Fsp3) is 0.211. The molecule has 0 fully saturated rings. The molecule has 2 aromatic rings. The summed E-state index contributed by atoms with van der Waals surface area (Å²) in [6.45, 7) is 4.51. The van der Waals surface area contributed by atoms with Gasteiger partial charge in [0.05, 0.1) is 13.2 Å². The molecule has 2 aromatic carbocycles. The van der Waals surface area contributed by atoms with E-state index in [4.69, 9.17) is 9.47 Å². The molecular formula is C19H19FO3. The number of carbonyl (C=O) groups is 1. The summed E-state index contributed by atoms with van der Waals surface area (Å²) < 4.78 is 23.9. The van der Waals surface area contributed by atoms with Gasteiger partial charge in [-0.2, -0.15) is 0 Å². The van der Waals surface area contributed by atoms with Crippen molar-refractivity contribution in [3.05, 3.63) is 71.6 Å². The fourth-order valence-corrected chi connectivity index (χ4v) is 2.19. The quantitative estimate of drug-likeness (QED) is 0.591. The van der Waals surface area contributed by atoms with Crippen molar-refractivity contribution < 1.29 is 18.7 Å². The van der Waals surface area contributed by atoms with Gasteiger partial charge in [-0.05, 0) is 54.8 Å². The maximum Gasteiger partial charge on any atom is 0.331 e. The van der Waals surface area contributed by atoms with Crippen LogP contribution < -0.4 is 4.74 Å². The van der Waals surface area contributed by atoms with E-state index in [1.807, 2.05) is 31.2 Å². The molecule has 0 bridgehead atoms. The van der Waals surface area contributed by atoms with Gasteiger partial charge in [0.15, 0.2) is 0 Å². The molecule has 23 heavy (non-hydrogen) atoms. The highest BCUT2D eigenvalue weighted by molar-refractivity contribution is 5.96. The number of esters is 1. The summed E-state index contributed by atoms with van der Waals surface area (Å²) in [4.78, 5) is 11.8. The number of benzene rings is 2. The minimum absolute atomic E-state index is 0.287. The fourth-order valence-electron chi connectivity index (χ4n) is 2.19. The number of ether oxygens (including phenoxy) is 2. The zero-order valence-corrected chi connectivity index (χ0v) is 13.2. The third kappa shape index (κ3) is 4.68. The minimum atomic E-state index is -0.458. The lowest BCUT2D eigenvalue weighted by atomic mass is 9.97. The van der Waals surface area contributed by atoms with Crippen LogP contribution in [0.1, 0.15) is 25.0 Å². The normalized spacial score (nSPS) is 11.2. The van der Waals surface area contributed by atoms with Crippen LogP contribution in [0, 0.1) is 5.82 Å². The van der Waals surface area contributed by atoms with Gasteiger partial charge in [0.25, 0.3) is 0 Å². The molecule has 0 unspecified atom stereocenters. The van der Waals surface area contributed by atoms with Crippen LogP contribution >= 0.6 is 0 Å². The van der Waals surface area contributed by atoms with Crippen LogP contribution in [0.25, 0.3) is 5.57 Å². The Morgan fingerprint density at radius 1 is 1.04 bits per heavy atom. The van der Waals surface area contributed by atoms with E-state index in [2.05, 4.69) is 0 Å². The minimum Gasteiger partial charge on any atom is -0.494 e. The molecule has 0 heterocycles. The van der Waals surface area contributed by atoms with Crippen LogP contribution in [0.5, 0.6) is 5.75 Å². The lowest BCUT2D eigenvalue weighted by molar-refractivity contribution is -0.137. The van der Waals surface area contributed by atoms with Gasteiger partial charge in [-0.1, -0.05) is 24.3 Å². The van der Waals surface area contributed by atoms with Gasteiger partial charge < -0.3 is 9.47 Å². The average molecular weight is 314 g/mol. The van der Waals surface area contributed by atoms with Crippen LogP contribution in [0.4, 0.5) is 4.39 Å². The molecular weight excluding hydrogens is 295 g/mol. The Bertz CT molecular complexity index is 690. The third-order valence-corrected chi connectivity index (χ3v) is 3.16. The third-order valence-electron chi connectivity index (χ3n) is 3.16. The van der Waals surface area contributed by atoms with E-state index in [9.17, 15) is 9.18 Å². The predicted molar refractivity (Wildman–Crippen MR) is 87.7 cm³/mol. The first kappa shape index (κ1) is 16.7. The van der Waals surface area contributed by atoms with Gasteiger partial charge >= 0.3 is 5.97 Å². The van der Waals surface area contributed by atoms with E-state index >= 15 is 0 Å². The highest BCUT2D eigenvalue weighted by atomic mass is 19.1. The summed E-state index contributed by atoms with van der Waals surface area (Å²) >= 11 is 0. The lowest BCUT2D eigenvalue weighted by Gasteiger charge is -2.10. The largest absolute Gasteiger partial charge is 0.494 e. The topological polar surface area (TPSA) is 35.5 Å². The molecule has 0 N–H and O–H groups in total. The number of carbonyl (C=O) groups excluding carboxylic acids is 1. The molecule has 0 aliphatic heterocycles. The summed E-state index contributed by atoms with van der Waals surface area (Å²) in [6, 6.07) is 13.4. The van der Waals surface area contributed by atoms with E-state index in [1.165, 1.54) is 18.2 Å². The van der Waals surface area contributed by atoms with Crippen LogP contribution in [0.15, 0.2) is 54.6 Å². The van der Waals surface area contributed by atoms with E-state index in [0.717, 1.165) is 11.3 Å². The summed E-state index contributed by atoms with van der Waals surface area (Å²) in [6.07, 6.45) is 1.38. The second-order valence-electron chi connectivity index (χ2n) is 4.78. The number of halogens is 1. The molecule has 0 radical (unpaired) electrons. The monoisotopic (exact) mass is 314 g/mol. The van der Waals surface area contributed by atoms with Crippen molar-refractivity contribution in [3.63, 3.8) is 0 Å². The number of hydrogen-bond acceptors (Lipinski definition) is 3. The number of rotatable bonds is 6. The second kappa shape index (κ2) is 8.13. The maximum absolute atomic E-state index is 13.5. The van der Waals surface area contributed by atoms with Crippen molar-refractivity contribution in [2.75, 3.05) is 13.2 Å². The summed E-state index contributed by atoms with van der Waals surface area (Å²) in [7, 11) is 0. The molecule has 4 heteroatoms. The summed E-state index contributed by atoms with van der Waals surface area (Å²) in [5.74, 6) is -0.0742. The molecule has 120 valence electrons. The van der Waals surface area contributed by atoms with E-state index in [0.29, 0.717) is 17.7 Å². The highest BCUT2D eigenvalue weighted by Gasteiger charge is 2.10. The summed E-state index contributed by atoms with van der Waals surface area (Å²) in [5.41, 5.74) is 2.00. The molecule has 0 aliphatic carbocycles. The van der Waals surface area contributed by atoms with Gasteiger partial charge in [-0.25, -0.2) is 9.18 Å². The number of hydrogen-bond donors (Lipinski definition) is 0. The highest BCUT2D eigenvalue weighted by Crippen LogP contribution is 2.26. The molecule has 0 aromatic heterocycles. The Hall–Kier alpha value is -2.62. The Balaban J connectivity index is 2.42. The lowest BCUT2D eigenvalue weighted by Crippen LogP contribution is -2.02. The van der Waals surface area contributed by atoms with Crippen molar-refractivity contribution in [2.45, 2.75) is 13.8 Å². The Kier molecular flexibility index (Phi) is 5.92. The molecule has 0 spiro atoms.